The molecule has 0 spiro atoms. The second-order valence-corrected chi connectivity index (χ2v) is 16.0. The molecule has 13 rings (SSSR count). The Morgan fingerprint density at radius 3 is 1.61 bits per heavy atom. The van der Waals surface area contributed by atoms with Gasteiger partial charge in [-0.1, -0.05) is 97.1 Å². The van der Waals surface area contributed by atoms with Crippen LogP contribution in [-0.2, 0) is 0 Å². The van der Waals surface area contributed by atoms with Gasteiger partial charge in [-0.2, -0.15) is 10.5 Å². The first-order chi connectivity index (χ1) is 30.6. The van der Waals surface area contributed by atoms with E-state index in [-0.39, 0.29) is 0 Å². The van der Waals surface area contributed by atoms with Gasteiger partial charge in [0.25, 0.3) is 0 Å². The summed E-state index contributed by atoms with van der Waals surface area (Å²) >= 11 is 0. The van der Waals surface area contributed by atoms with E-state index in [4.69, 9.17) is 4.42 Å². The summed E-state index contributed by atoms with van der Waals surface area (Å²) in [5, 5.41) is 29.3. The summed E-state index contributed by atoms with van der Waals surface area (Å²) in [6.07, 6.45) is 0. The Hall–Kier alpha value is -8.84. The van der Waals surface area contributed by atoms with Crippen molar-refractivity contribution in [3.63, 3.8) is 0 Å². The molecule has 0 aliphatic rings. The van der Waals surface area contributed by atoms with E-state index in [0.29, 0.717) is 11.1 Å². The third-order valence-electron chi connectivity index (χ3n) is 12.6. The summed E-state index contributed by atoms with van der Waals surface area (Å²) < 4.78 is 13.6. The Morgan fingerprint density at radius 2 is 0.903 bits per heavy atom. The molecule has 9 aromatic carbocycles. The normalized spacial score (nSPS) is 11.8. The number of nitriles is 2. The van der Waals surface area contributed by atoms with E-state index < -0.39 is 0 Å². The van der Waals surface area contributed by atoms with E-state index in [2.05, 4.69) is 184 Å². The summed E-state index contributed by atoms with van der Waals surface area (Å²) in [6.45, 7) is 0. The Balaban J connectivity index is 1.17. The van der Waals surface area contributed by atoms with Crippen molar-refractivity contribution in [1.29, 1.82) is 10.5 Å². The minimum Gasteiger partial charge on any atom is -0.456 e. The molecule has 286 valence electrons. The van der Waals surface area contributed by atoms with Gasteiger partial charge in [0, 0.05) is 66.2 Å². The van der Waals surface area contributed by atoms with Gasteiger partial charge in [0.2, 0.25) is 0 Å². The first kappa shape index (κ1) is 34.1. The maximum atomic E-state index is 10.1. The molecule has 62 heavy (non-hydrogen) atoms. The first-order valence-electron chi connectivity index (χ1n) is 20.6. The zero-order valence-corrected chi connectivity index (χ0v) is 33.0. The van der Waals surface area contributed by atoms with Crippen LogP contribution >= 0.6 is 0 Å². The van der Waals surface area contributed by atoms with Gasteiger partial charge >= 0.3 is 0 Å². The maximum absolute atomic E-state index is 10.1. The van der Waals surface area contributed by atoms with Crippen molar-refractivity contribution in [2.75, 3.05) is 0 Å². The Bertz CT molecular complexity index is 4090. The molecule has 0 radical (unpaired) electrons. The zero-order chi connectivity index (χ0) is 41.1. The van der Waals surface area contributed by atoms with Crippen LogP contribution in [0, 0.1) is 22.7 Å². The fraction of sp³-hybridized carbons (Fsp3) is 0. The van der Waals surface area contributed by atoms with Crippen LogP contribution < -0.4 is 0 Å². The van der Waals surface area contributed by atoms with Crippen molar-refractivity contribution in [3.05, 3.63) is 199 Å². The number of fused-ring (bicyclic) bond motifs is 13. The van der Waals surface area contributed by atoms with Gasteiger partial charge in [-0.3, -0.25) is 0 Å². The number of benzene rings is 9. The second-order valence-electron chi connectivity index (χ2n) is 16.0. The van der Waals surface area contributed by atoms with Gasteiger partial charge in [-0.05, 0) is 96.1 Å². The number of aromatic nitrogens is 3. The minimum absolute atomic E-state index is 0.433. The van der Waals surface area contributed by atoms with Crippen LogP contribution in [0.5, 0.6) is 0 Å². The number of rotatable bonds is 4. The third-order valence-corrected chi connectivity index (χ3v) is 12.6. The molecule has 6 heteroatoms. The van der Waals surface area contributed by atoms with Crippen LogP contribution in [0.3, 0.4) is 0 Å². The standard InChI is InChI=1S/C56H31N5O/c57-32-34-24-35(33-58)26-36(25-34)37-27-39(29-40(28-37)60-48-18-8-5-15-42(48)46-30-47-43-16-7-11-21-53(43)62-54(47)31-52(46)60)59-50-20-10-6-17-45(50)55-51(59)23-22-44-41-14-4-9-19-49(41)61(56(44)55)38-12-2-1-3-13-38/h1-31H. The summed E-state index contributed by atoms with van der Waals surface area (Å²) in [5.74, 6) is 0. The molecule has 0 fully saturated rings. The highest BCUT2D eigenvalue weighted by Gasteiger charge is 2.23. The lowest BCUT2D eigenvalue weighted by Gasteiger charge is -2.16. The quantitative estimate of drug-likeness (QED) is 0.178. The van der Waals surface area contributed by atoms with E-state index in [1.54, 1.807) is 6.07 Å². The molecule has 6 nitrogen and oxygen atoms in total. The number of hydrogen-bond donors (Lipinski definition) is 0. The molecule has 0 atom stereocenters. The van der Waals surface area contributed by atoms with E-state index >= 15 is 0 Å². The number of nitrogens with zero attached hydrogens (tertiary/aromatic N) is 5. The molecular formula is C56H31N5O. The maximum Gasteiger partial charge on any atom is 0.137 e. The molecule has 4 heterocycles. The molecule has 0 amide bonds. The van der Waals surface area contributed by atoms with Crippen LogP contribution in [-0.4, -0.2) is 13.7 Å². The molecule has 0 aliphatic carbocycles. The predicted octanol–water partition coefficient (Wildman–Crippen LogP) is 14.3. The van der Waals surface area contributed by atoms with Crippen molar-refractivity contribution in [3.8, 4) is 40.3 Å². The summed E-state index contributed by atoms with van der Waals surface area (Å²) in [4.78, 5) is 0. The fourth-order valence-electron chi connectivity index (χ4n) is 10.0. The van der Waals surface area contributed by atoms with Crippen LogP contribution in [0.15, 0.2) is 192 Å². The highest BCUT2D eigenvalue weighted by molar-refractivity contribution is 6.26. The topological polar surface area (TPSA) is 75.5 Å². The molecule has 13 aromatic rings. The van der Waals surface area contributed by atoms with Crippen LogP contribution in [0.4, 0.5) is 0 Å². The first-order valence-corrected chi connectivity index (χ1v) is 20.6. The third kappa shape index (κ3) is 4.78. The monoisotopic (exact) mass is 789 g/mol. The van der Waals surface area contributed by atoms with Crippen molar-refractivity contribution in [1.82, 2.24) is 13.7 Å². The van der Waals surface area contributed by atoms with Crippen molar-refractivity contribution < 1.29 is 4.42 Å². The smallest absolute Gasteiger partial charge is 0.137 e. The molecule has 0 saturated heterocycles. The van der Waals surface area contributed by atoms with E-state index in [9.17, 15) is 10.5 Å². The average Bonchev–Trinajstić information content (AvgIpc) is 4.06. The van der Waals surface area contributed by atoms with E-state index in [1.165, 1.54) is 10.8 Å². The van der Waals surface area contributed by atoms with Gasteiger partial charge in [-0.15, -0.1) is 0 Å². The summed E-state index contributed by atoms with van der Waals surface area (Å²) in [7, 11) is 0. The largest absolute Gasteiger partial charge is 0.456 e. The van der Waals surface area contributed by atoms with Gasteiger partial charge in [-0.25, -0.2) is 0 Å². The molecular weight excluding hydrogens is 759 g/mol. The van der Waals surface area contributed by atoms with Crippen molar-refractivity contribution in [2.24, 2.45) is 0 Å². The fourth-order valence-corrected chi connectivity index (χ4v) is 10.0. The van der Waals surface area contributed by atoms with Crippen LogP contribution in [0.2, 0.25) is 0 Å². The van der Waals surface area contributed by atoms with Gasteiger partial charge < -0.3 is 18.1 Å². The zero-order valence-electron chi connectivity index (χ0n) is 33.0. The second kappa shape index (κ2) is 12.8. The molecule has 0 aliphatic heterocycles. The Kier molecular flexibility index (Phi) is 7.05. The highest BCUT2D eigenvalue weighted by atomic mass is 16.3. The number of para-hydroxylation sites is 5. The Labute approximate surface area is 354 Å². The number of hydrogen-bond acceptors (Lipinski definition) is 3. The van der Waals surface area contributed by atoms with Crippen molar-refractivity contribution in [2.45, 2.75) is 0 Å². The lowest BCUT2D eigenvalue weighted by molar-refractivity contribution is 0.669. The number of furan rings is 1. The molecule has 0 saturated carbocycles. The van der Waals surface area contributed by atoms with E-state index in [0.717, 1.165) is 105 Å². The summed E-state index contributed by atoms with van der Waals surface area (Å²) in [5.41, 5.74) is 13.7. The van der Waals surface area contributed by atoms with Gasteiger partial charge in [0.05, 0.1) is 56.4 Å². The molecule has 0 bridgehead atoms. The average molecular weight is 790 g/mol. The van der Waals surface area contributed by atoms with Crippen LogP contribution in [0.25, 0.3) is 116 Å². The molecule has 0 unspecified atom stereocenters. The Morgan fingerprint density at radius 1 is 0.339 bits per heavy atom. The molecule has 4 aromatic heterocycles. The SMILES string of the molecule is N#Cc1cc(C#N)cc(-c2cc(-n3c4ccccc4c4cc5c(cc43)oc3ccccc35)cc(-n3c4ccccc4c4c3ccc3c5ccccc5n(-c5ccccc5)c34)c2)c1. The lowest BCUT2D eigenvalue weighted by Crippen LogP contribution is -2.00. The molecule has 0 N–H and O–H groups in total. The minimum atomic E-state index is 0.433. The van der Waals surface area contributed by atoms with E-state index in [1.807, 2.05) is 24.3 Å². The van der Waals surface area contributed by atoms with Gasteiger partial charge in [0.1, 0.15) is 11.2 Å². The van der Waals surface area contributed by atoms with Crippen LogP contribution in [0.1, 0.15) is 11.1 Å². The predicted molar refractivity (Wildman–Crippen MR) is 252 cm³/mol. The van der Waals surface area contributed by atoms with Crippen molar-refractivity contribution >= 4 is 87.4 Å². The van der Waals surface area contributed by atoms with Gasteiger partial charge in [0.15, 0.2) is 0 Å². The summed E-state index contributed by atoms with van der Waals surface area (Å²) in [6, 6.07) is 70.2. The lowest BCUT2D eigenvalue weighted by atomic mass is 9.99. The highest BCUT2D eigenvalue weighted by Crippen LogP contribution is 2.44.